The first-order valence-electron chi connectivity index (χ1n) is 5.30. The van der Waals surface area contributed by atoms with E-state index in [0.29, 0.717) is 22.5 Å². The number of unbranched alkanes of at least 4 members (excludes halogenated alkanes) is 1. The lowest BCUT2D eigenvalue weighted by Crippen LogP contribution is -2.17. The number of rotatable bonds is 7. The number of H-pyrrole nitrogens is 1. The van der Waals surface area contributed by atoms with E-state index in [4.69, 9.17) is 4.74 Å². The summed E-state index contributed by atoms with van der Waals surface area (Å²) in [6, 6.07) is 0. The quantitative estimate of drug-likeness (QED) is 0.586. The normalized spacial score (nSPS) is 10.4. The highest BCUT2D eigenvalue weighted by atomic mass is 127. The van der Waals surface area contributed by atoms with Gasteiger partial charge in [0.05, 0.1) is 12.9 Å². The topological polar surface area (TPSA) is 67.0 Å². The molecule has 1 aromatic heterocycles. The summed E-state index contributed by atoms with van der Waals surface area (Å²) in [5.74, 6) is 0.614. The summed E-state index contributed by atoms with van der Waals surface area (Å²) in [6.07, 6.45) is 3.62. The summed E-state index contributed by atoms with van der Waals surface area (Å²) in [6.45, 7) is 4.21. The number of aromatic amines is 1. The van der Waals surface area contributed by atoms with E-state index in [1.54, 1.807) is 0 Å². The Morgan fingerprint density at radius 1 is 1.56 bits per heavy atom. The molecular formula is C10H16IN3O2. The van der Waals surface area contributed by atoms with Crippen molar-refractivity contribution >= 4 is 28.4 Å². The molecule has 16 heavy (non-hydrogen) atoms. The highest BCUT2D eigenvalue weighted by Gasteiger charge is 2.03. The van der Waals surface area contributed by atoms with Crippen LogP contribution in [0, 0.1) is 3.57 Å². The molecule has 0 saturated carbocycles. The van der Waals surface area contributed by atoms with Crippen molar-refractivity contribution in [1.82, 2.24) is 9.97 Å². The SMILES string of the molecule is CCCCOCCNc1nc[nH]c(=O)c1I. The minimum atomic E-state index is -0.120. The predicted octanol–water partition coefficient (Wildman–Crippen LogP) is 1.60. The molecule has 0 aliphatic heterocycles. The number of halogens is 1. The van der Waals surface area contributed by atoms with Gasteiger partial charge < -0.3 is 15.0 Å². The molecule has 0 aromatic carbocycles. The minimum Gasteiger partial charge on any atom is -0.380 e. The van der Waals surface area contributed by atoms with Crippen LogP contribution in [0.15, 0.2) is 11.1 Å². The van der Waals surface area contributed by atoms with Gasteiger partial charge in [0.1, 0.15) is 9.39 Å². The smallest absolute Gasteiger partial charge is 0.266 e. The number of hydrogen-bond donors (Lipinski definition) is 2. The number of ether oxygens (including phenoxy) is 1. The van der Waals surface area contributed by atoms with Gasteiger partial charge in [0.15, 0.2) is 0 Å². The van der Waals surface area contributed by atoms with Gasteiger partial charge in [-0.25, -0.2) is 4.98 Å². The van der Waals surface area contributed by atoms with Gasteiger partial charge in [-0.05, 0) is 29.0 Å². The largest absolute Gasteiger partial charge is 0.380 e. The van der Waals surface area contributed by atoms with E-state index in [-0.39, 0.29) is 5.56 Å². The summed E-state index contributed by atoms with van der Waals surface area (Å²) in [5, 5.41) is 3.07. The lowest BCUT2D eigenvalue weighted by atomic mass is 10.4. The molecule has 0 saturated heterocycles. The van der Waals surface area contributed by atoms with Crippen molar-refractivity contribution in [2.24, 2.45) is 0 Å². The van der Waals surface area contributed by atoms with Crippen molar-refractivity contribution < 1.29 is 4.74 Å². The fourth-order valence-electron chi connectivity index (χ4n) is 1.10. The lowest BCUT2D eigenvalue weighted by molar-refractivity contribution is 0.141. The summed E-state index contributed by atoms with van der Waals surface area (Å²) >= 11 is 1.97. The van der Waals surface area contributed by atoms with Crippen LogP contribution in [-0.4, -0.2) is 29.7 Å². The molecule has 2 N–H and O–H groups in total. The summed E-state index contributed by atoms with van der Waals surface area (Å²) < 4.78 is 5.96. The summed E-state index contributed by atoms with van der Waals surface area (Å²) in [7, 11) is 0. The Kier molecular flexibility index (Phi) is 6.39. The Hall–Kier alpha value is -0.630. The van der Waals surface area contributed by atoms with E-state index in [0.717, 1.165) is 19.4 Å². The van der Waals surface area contributed by atoms with Crippen molar-refractivity contribution in [3.8, 4) is 0 Å². The number of anilines is 1. The van der Waals surface area contributed by atoms with E-state index in [9.17, 15) is 4.79 Å². The summed E-state index contributed by atoms with van der Waals surface area (Å²) in [4.78, 5) is 17.8. The van der Waals surface area contributed by atoms with E-state index in [1.807, 2.05) is 22.6 Å². The average Bonchev–Trinajstić information content (AvgIpc) is 2.29. The van der Waals surface area contributed by atoms with Crippen molar-refractivity contribution in [2.75, 3.05) is 25.1 Å². The van der Waals surface area contributed by atoms with Crippen LogP contribution in [-0.2, 0) is 4.74 Å². The Labute approximate surface area is 108 Å². The van der Waals surface area contributed by atoms with Crippen LogP contribution in [0.2, 0.25) is 0 Å². The first-order chi connectivity index (χ1) is 7.75. The second-order valence-corrected chi connectivity index (χ2v) is 4.37. The van der Waals surface area contributed by atoms with Crippen LogP contribution in [0.3, 0.4) is 0 Å². The molecule has 0 unspecified atom stereocenters. The second kappa shape index (κ2) is 7.61. The zero-order chi connectivity index (χ0) is 11.8. The van der Waals surface area contributed by atoms with Gasteiger partial charge in [0.25, 0.3) is 5.56 Å². The molecule has 0 radical (unpaired) electrons. The maximum atomic E-state index is 11.2. The minimum absolute atomic E-state index is 0.120. The molecule has 0 bridgehead atoms. The fourth-order valence-corrected chi connectivity index (χ4v) is 1.58. The van der Waals surface area contributed by atoms with Crippen LogP contribution < -0.4 is 10.9 Å². The van der Waals surface area contributed by atoms with Gasteiger partial charge in [-0.1, -0.05) is 13.3 Å². The molecule has 1 aromatic rings. The van der Waals surface area contributed by atoms with Gasteiger partial charge in [0, 0.05) is 13.2 Å². The van der Waals surface area contributed by atoms with Gasteiger partial charge in [0.2, 0.25) is 0 Å². The second-order valence-electron chi connectivity index (χ2n) is 3.29. The number of aromatic nitrogens is 2. The van der Waals surface area contributed by atoms with E-state index in [1.165, 1.54) is 6.33 Å². The molecule has 0 aliphatic carbocycles. The third-order valence-corrected chi connectivity index (χ3v) is 2.98. The van der Waals surface area contributed by atoms with Gasteiger partial charge in [-0.3, -0.25) is 4.79 Å². The first kappa shape index (κ1) is 13.4. The molecular weight excluding hydrogens is 321 g/mol. The molecule has 0 amide bonds. The monoisotopic (exact) mass is 337 g/mol. The number of nitrogens with zero attached hydrogens (tertiary/aromatic N) is 1. The zero-order valence-corrected chi connectivity index (χ0v) is 11.4. The van der Waals surface area contributed by atoms with Crippen LogP contribution in [0.4, 0.5) is 5.82 Å². The summed E-state index contributed by atoms with van der Waals surface area (Å²) in [5.41, 5.74) is -0.120. The Morgan fingerprint density at radius 2 is 2.38 bits per heavy atom. The van der Waals surface area contributed by atoms with E-state index < -0.39 is 0 Å². The maximum Gasteiger partial charge on any atom is 0.266 e. The van der Waals surface area contributed by atoms with Crippen molar-refractivity contribution in [2.45, 2.75) is 19.8 Å². The third kappa shape index (κ3) is 4.48. The predicted molar refractivity (Wildman–Crippen MR) is 71.8 cm³/mol. The van der Waals surface area contributed by atoms with Gasteiger partial charge in [-0.15, -0.1) is 0 Å². The Bertz CT molecular complexity index is 367. The molecule has 1 heterocycles. The van der Waals surface area contributed by atoms with Crippen molar-refractivity contribution in [1.29, 1.82) is 0 Å². The number of nitrogens with one attached hydrogen (secondary N) is 2. The zero-order valence-electron chi connectivity index (χ0n) is 9.25. The van der Waals surface area contributed by atoms with Crippen LogP contribution in [0.25, 0.3) is 0 Å². The Morgan fingerprint density at radius 3 is 3.12 bits per heavy atom. The van der Waals surface area contributed by atoms with E-state index in [2.05, 4.69) is 22.2 Å². The van der Waals surface area contributed by atoms with Gasteiger partial charge in [-0.2, -0.15) is 0 Å². The average molecular weight is 337 g/mol. The molecule has 6 heteroatoms. The molecule has 5 nitrogen and oxygen atoms in total. The van der Waals surface area contributed by atoms with Crippen LogP contribution in [0.1, 0.15) is 19.8 Å². The number of hydrogen-bond acceptors (Lipinski definition) is 4. The molecule has 0 aliphatic rings. The molecule has 0 spiro atoms. The molecule has 0 atom stereocenters. The Balaban J connectivity index is 2.27. The fraction of sp³-hybridized carbons (Fsp3) is 0.600. The first-order valence-corrected chi connectivity index (χ1v) is 6.38. The van der Waals surface area contributed by atoms with Crippen molar-refractivity contribution in [3.05, 3.63) is 20.3 Å². The van der Waals surface area contributed by atoms with E-state index >= 15 is 0 Å². The molecule has 0 fully saturated rings. The highest BCUT2D eigenvalue weighted by Crippen LogP contribution is 2.07. The molecule has 1 rings (SSSR count). The standard InChI is InChI=1S/C10H16IN3O2/c1-2-3-5-16-6-4-12-9-8(11)10(15)14-7-13-9/h7H,2-6H2,1H3,(H2,12,13,14,15). The maximum absolute atomic E-state index is 11.2. The highest BCUT2D eigenvalue weighted by molar-refractivity contribution is 14.1. The van der Waals surface area contributed by atoms with Crippen molar-refractivity contribution in [3.63, 3.8) is 0 Å². The van der Waals surface area contributed by atoms with Gasteiger partial charge >= 0.3 is 0 Å². The lowest BCUT2D eigenvalue weighted by Gasteiger charge is -2.07. The van der Waals surface area contributed by atoms with Crippen LogP contribution in [0.5, 0.6) is 0 Å². The third-order valence-electron chi connectivity index (χ3n) is 1.98. The molecule has 90 valence electrons. The van der Waals surface area contributed by atoms with Crippen LogP contribution >= 0.6 is 22.6 Å².